The van der Waals surface area contributed by atoms with Gasteiger partial charge in [-0.1, -0.05) is 6.92 Å². The predicted octanol–water partition coefficient (Wildman–Crippen LogP) is 1.80. The maximum atomic E-state index is 5.38. The Balaban J connectivity index is 2.31. The Morgan fingerprint density at radius 2 is 2.06 bits per heavy atom. The first-order valence-electron chi connectivity index (χ1n) is 6.07. The quantitative estimate of drug-likeness (QED) is 0.681. The van der Waals surface area contributed by atoms with Crippen molar-refractivity contribution in [2.45, 2.75) is 6.92 Å². The topological polar surface area (TPSA) is 52.6 Å². The van der Waals surface area contributed by atoms with Crippen LogP contribution in [0.4, 0.5) is 5.69 Å². The van der Waals surface area contributed by atoms with E-state index in [9.17, 15) is 0 Å². The SMILES string of the molecule is COCCOc1ccc(NCC(C)COC)cn1. The standard InChI is InChI=1S/C13H22N2O3/c1-11(10-17-3)8-14-12-4-5-13(15-9-12)18-7-6-16-2/h4-5,9,11,14H,6-8,10H2,1-3H3. The molecule has 0 spiro atoms. The van der Waals surface area contributed by atoms with E-state index in [4.69, 9.17) is 14.2 Å². The normalized spacial score (nSPS) is 12.2. The van der Waals surface area contributed by atoms with E-state index in [-0.39, 0.29) is 0 Å². The van der Waals surface area contributed by atoms with E-state index in [1.807, 2.05) is 12.1 Å². The Labute approximate surface area is 108 Å². The highest BCUT2D eigenvalue weighted by molar-refractivity contribution is 5.41. The molecule has 1 aromatic heterocycles. The minimum atomic E-state index is 0.465. The fourth-order valence-electron chi connectivity index (χ4n) is 1.44. The van der Waals surface area contributed by atoms with Crippen LogP contribution in [0.1, 0.15) is 6.92 Å². The summed E-state index contributed by atoms with van der Waals surface area (Å²) in [4.78, 5) is 4.20. The van der Waals surface area contributed by atoms with Gasteiger partial charge in [-0.05, 0) is 12.0 Å². The lowest BCUT2D eigenvalue weighted by molar-refractivity contribution is 0.144. The highest BCUT2D eigenvalue weighted by Gasteiger charge is 2.01. The predicted molar refractivity (Wildman–Crippen MR) is 71.1 cm³/mol. The lowest BCUT2D eigenvalue weighted by Gasteiger charge is -2.12. The molecule has 0 bridgehead atoms. The molecule has 1 N–H and O–H groups in total. The van der Waals surface area contributed by atoms with E-state index in [1.165, 1.54) is 0 Å². The van der Waals surface area contributed by atoms with Crippen molar-refractivity contribution in [1.29, 1.82) is 0 Å². The summed E-state index contributed by atoms with van der Waals surface area (Å²) in [7, 11) is 3.36. The molecular formula is C13H22N2O3. The van der Waals surface area contributed by atoms with Crippen LogP contribution in [0.3, 0.4) is 0 Å². The summed E-state index contributed by atoms with van der Waals surface area (Å²) < 4.78 is 15.4. The molecule has 18 heavy (non-hydrogen) atoms. The minimum Gasteiger partial charge on any atom is -0.475 e. The monoisotopic (exact) mass is 254 g/mol. The third kappa shape index (κ3) is 5.84. The third-order valence-corrected chi connectivity index (χ3v) is 2.38. The first kappa shape index (κ1) is 14.7. The van der Waals surface area contributed by atoms with E-state index >= 15 is 0 Å². The van der Waals surface area contributed by atoms with Crippen LogP contribution in [0, 0.1) is 5.92 Å². The van der Waals surface area contributed by atoms with Gasteiger partial charge in [0.2, 0.25) is 5.88 Å². The second kappa shape index (κ2) is 8.72. The van der Waals surface area contributed by atoms with Crippen LogP contribution in [-0.2, 0) is 9.47 Å². The Morgan fingerprint density at radius 1 is 1.22 bits per heavy atom. The van der Waals surface area contributed by atoms with Gasteiger partial charge in [0.15, 0.2) is 0 Å². The van der Waals surface area contributed by atoms with Crippen LogP contribution in [-0.4, -0.2) is 45.6 Å². The van der Waals surface area contributed by atoms with E-state index in [1.54, 1.807) is 20.4 Å². The molecule has 5 nitrogen and oxygen atoms in total. The van der Waals surface area contributed by atoms with Crippen molar-refractivity contribution < 1.29 is 14.2 Å². The van der Waals surface area contributed by atoms with Gasteiger partial charge in [-0.15, -0.1) is 0 Å². The first-order valence-corrected chi connectivity index (χ1v) is 6.07. The maximum absolute atomic E-state index is 5.38. The van der Waals surface area contributed by atoms with Crippen molar-refractivity contribution in [2.24, 2.45) is 5.92 Å². The summed E-state index contributed by atoms with van der Waals surface area (Å²) in [6, 6.07) is 3.80. The molecule has 0 aliphatic rings. The highest BCUT2D eigenvalue weighted by Crippen LogP contribution is 2.12. The van der Waals surface area contributed by atoms with E-state index in [0.29, 0.717) is 25.0 Å². The molecule has 0 aromatic carbocycles. The van der Waals surface area contributed by atoms with Crippen molar-refractivity contribution >= 4 is 5.69 Å². The van der Waals surface area contributed by atoms with Crippen LogP contribution in [0.2, 0.25) is 0 Å². The third-order valence-electron chi connectivity index (χ3n) is 2.38. The van der Waals surface area contributed by atoms with Gasteiger partial charge in [0.1, 0.15) is 6.61 Å². The molecule has 1 unspecified atom stereocenters. The van der Waals surface area contributed by atoms with Crippen LogP contribution in [0.15, 0.2) is 18.3 Å². The molecule has 1 heterocycles. The molecular weight excluding hydrogens is 232 g/mol. The molecule has 0 aliphatic carbocycles. The van der Waals surface area contributed by atoms with Gasteiger partial charge >= 0.3 is 0 Å². The molecule has 0 radical (unpaired) electrons. The zero-order chi connectivity index (χ0) is 13.2. The maximum Gasteiger partial charge on any atom is 0.213 e. The molecule has 102 valence electrons. The molecule has 1 atom stereocenters. The van der Waals surface area contributed by atoms with Gasteiger partial charge in [0.25, 0.3) is 0 Å². The van der Waals surface area contributed by atoms with Crippen molar-refractivity contribution in [1.82, 2.24) is 4.98 Å². The Hall–Kier alpha value is -1.33. The number of hydrogen-bond donors (Lipinski definition) is 1. The van der Waals surface area contributed by atoms with Crippen molar-refractivity contribution in [3.8, 4) is 5.88 Å². The molecule has 0 saturated carbocycles. The average molecular weight is 254 g/mol. The van der Waals surface area contributed by atoms with Crippen molar-refractivity contribution in [3.63, 3.8) is 0 Å². The van der Waals surface area contributed by atoms with Crippen LogP contribution in [0.25, 0.3) is 0 Å². The van der Waals surface area contributed by atoms with Gasteiger partial charge in [-0.25, -0.2) is 4.98 Å². The number of pyridine rings is 1. The summed E-state index contributed by atoms with van der Waals surface area (Å²) in [5, 5.41) is 3.30. The number of nitrogens with zero attached hydrogens (tertiary/aromatic N) is 1. The van der Waals surface area contributed by atoms with E-state index in [2.05, 4.69) is 17.2 Å². The van der Waals surface area contributed by atoms with Gasteiger partial charge in [-0.3, -0.25) is 0 Å². The van der Waals surface area contributed by atoms with Crippen LogP contribution >= 0.6 is 0 Å². The number of anilines is 1. The lowest BCUT2D eigenvalue weighted by atomic mass is 10.2. The number of aromatic nitrogens is 1. The van der Waals surface area contributed by atoms with E-state index < -0.39 is 0 Å². The summed E-state index contributed by atoms with van der Waals surface area (Å²) in [6.45, 7) is 4.82. The molecule has 1 aromatic rings. The fourth-order valence-corrected chi connectivity index (χ4v) is 1.44. The molecule has 0 saturated heterocycles. The summed E-state index contributed by atoms with van der Waals surface area (Å²) in [5.74, 6) is 1.08. The second-order valence-corrected chi connectivity index (χ2v) is 4.17. The largest absolute Gasteiger partial charge is 0.475 e. The molecule has 0 aliphatic heterocycles. The smallest absolute Gasteiger partial charge is 0.213 e. The average Bonchev–Trinajstić information content (AvgIpc) is 2.38. The zero-order valence-corrected chi connectivity index (χ0v) is 11.3. The first-order chi connectivity index (χ1) is 8.76. The van der Waals surface area contributed by atoms with Crippen molar-refractivity contribution in [3.05, 3.63) is 18.3 Å². The van der Waals surface area contributed by atoms with Gasteiger partial charge in [0, 0.05) is 26.8 Å². The molecule has 0 amide bonds. The Morgan fingerprint density at radius 3 is 2.67 bits per heavy atom. The number of methoxy groups -OCH3 is 2. The highest BCUT2D eigenvalue weighted by atomic mass is 16.5. The summed E-state index contributed by atoms with van der Waals surface area (Å²) in [5.41, 5.74) is 0.983. The number of nitrogens with one attached hydrogen (secondary N) is 1. The number of ether oxygens (including phenoxy) is 3. The Kier molecular flexibility index (Phi) is 7.13. The minimum absolute atomic E-state index is 0.465. The number of hydrogen-bond acceptors (Lipinski definition) is 5. The fraction of sp³-hybridized carbons (Fsp3) is 0.615. The van der Waals surface area contributed by atoms with Gasteiger partial charge in [0.05, 0.1) is 25.1 Å². The van der Waals surface area contributed by atoms with Crippen LogP contribution in [0.5, 0.6) is 5.88 Å². The molecule has 5 heteroatoms. The van der Waals surface area contributed by atoms with Crippen molar-refractivity contribution in [2.75, 3.05) is 45.9 Å². The second-order valence-electron chi connectivity index (χ2n) is 4.17. The lowest BCUT2D eigenvalue weighted by Crippen LogP contribution is -2.15. The molecule has 0 fully saturated rings. The zero-order valence-electron chi connectivity index (χ0n) is 11.3. The molecule has 1 rings (SSSR count). The van der Waals surface area contributed by atoms with Crippen LogP contribution < -0.4 is 10.1 Å². The Bertz CT molecular complexity index is 317. The van der Waals surface area contributed by atoms with Gasteiger partial charge < -0.3 is 19.5 Å². The van der Waals surface area contributed by atoms with E-state index in [0.717, 1.165) is 18.8 Å². The number of rotatable bonds is 9. The van der Waals surface area contributed by atoms with Gasteiger partial charge in [-0.2, -0.15) is 0 Å². The summed E-state index contributed by atoms with van der Waals surface area (Å²) in [6.07, 6.45) is 1.77. The summed E-state index contributed by atoms with van der Waals surface area (Å²) >= 11 is 0.